The Labute approximate surface area is 209 Å². The molecule has 0 spiro atoms. The fraction of sp³-hybridized carbons (Fsp3) is 0.208. The van der Waals surface area contributed by atoms with Crippen LogP contribution < -0.4 is 5.32 Å². The number of fused-ring (bicyclic) bond motifs is 3. The maximum atomic E-state index is 13.3. The van der Waals surface area contributed by atoms with E-state index in [-0.39, 0.29) is 11.9 Å². The predicted molar refractivity (Wildman–Crippen MR) is 135 cm³/mol. The zero-order chi connectivity index (χ0) is 24.1. The van der Waals surface area contributed by atoms with Crippen LogP contribution in [0.4, 0.5) is 5.82 Å². The molecule has 11 heteroatoms. The van der Waals surface area contributed by atoms with Crippen LogP contribution in [-0.2, 0) is 13.0 Å². The van der Waals surface area contributed by atoms with E-state index in [0.717, 1.165) is 33.6 Å². The molecule has 3 N–H and O–H groups in total. The van der Waals surface area contributed by atoms with Gasteiger partial charge in [0.05, 0.1) is 57.4 Å². The quantitative estimate of drug-likeness (QED) is 0.319. The molecule has 1 aliphatic heterocycles. The summed E-state index contributed by atoms with van der Waals surface area (Å²) in [5.41, 5.74) is 4.68. The summed E-state index contributed by atoms with van der Waals surface area (Å²) in [6.07, 6.45) is 3.84. The Balaban J connectivity index is 1.29. The second kappa shape index (κ2) is 8.51. The molecule has 0 aliphatic carbocycles. The van der Waals surface area contributed by atoms with E-state index in [1.165, 1.54) is 6.33 Å². The zero-order valence-corrected chi connectivity index (χ0v) is 20.2. The van der Waals surface area contributed by atoms with Crippen LogP contribution in [0.3, 0.4) is 0 Å². The van der Waals surface area contributed by atoms with Crippen molar-refractivity contribution < 1.29 is 4.79 Å². The Morgan fingerprint density at radius 2 is 2.03 bits per heavy atom. The lowest BCUT2D eigenvalue weighted by atomic mass is 10.1. The number of nitrogens with one attached hydrogen (secondary N) is 3. The number of carbonyl (C=O) groups excluding carboxylic acids is 1. The number of carbonyl (C=O) groups is 1. The lowest BCUT2D eigenvalue weighted by Crippen LogP contribution is -2.36. The van der Waals surface area contributed by atoms with E-state index in [1.807, 2.05) is 25.1 Å². The van der Waals surface area contributed by atoms with Gasteiger partial charge in [-0.2, -0.15) is 0 Å². The summed E-state index contributed by atoms with van der Waals surface area (Å²) in [6, 6.07) is 8.80. The average molecular weight is 507 g/mol. The number of anilines is 1. The number of imidazole rings is 2. The molecule has 1 amide bonds. The van der Waals surface area contributed by atoms with Crippen molar-refractivity contribution in [3.8, 4) is 0 Å². The fourth-order valence-corrected chi connectivity index (χ4v) is 4.81. The van der Waals surface area contributed by atoms with Crippen LogP contribution in [0.1, 0.15) is 40.5 Å². The number of nitrogens with zero attached hydrogens (tertiary/aromatic N) is 5. The maximum Gasteiger partial charge on any atom is 0.255 e. The molecular weight excluding hydrogens is 487 g/mol. The van der Waals surface area contributed by atoms with E-state index in [4.69, 9.17) is 23.2 Å². The summed E-state index contributed by atoms with van der Waals surface area (Å²) in [4.78, 5) is 39.2. The summed E-state index contributed by atoms with van der Waals surface area (Å²) in [7, 11) is 0. The first-order valence-electron chi connectivity index (χ1n) is 11.1. The molecule has 176 valence electrons. The SMILES string of the molecule is CC(Nc1ncnc2cc(C(=O)N3CCc4nc[nH]c4C3)c(Cl)cc12)c1nc2ccc(Cl)cc2[nH]1. The molecule has 0 fully saturated rings. The summed E-state index contributed by atoms with van der Waals surface area (Å²) in [6.45, 7) is 3.04. The minimum atomic E-state index is -0.184. The minimum absolute atomic E-state index is 0.139. The van der Waals surface area contributed by atoms with Crippen molar-refractivity contribution in [2.75, 3.05) is 11.9 Å². The summed E-state index contributed by atoms with van der Waals surface area (Å²) in [5, 5.41) is 5.09. The first-order chi connectivity index (χ1) is 17.0. The molecule has 0 saturated carbocycles. The van der Waals surface area contributed by atoms with Gasteiger partial charge in [-0.05, 0) is 37.3 Å². The molecule has 0 bridgehead atoms. The summed E-state index contributed by atoms with van der Waals surface area (Å²) >= 11 is 12.7. The number of aromatic amines is 2. The summed E-state index contributed by atoms with van der Waals surface area (Å²) in [5.74, 6) is 1.21. The van der Waals surface area contributed by atoms with Crippen LogP contribution in [0.15, 0.2) is 43.0 Å². The third-order valence-corrected chi connectivity index (χ3v) is 6.79. The highest BCUT2D eigenvalue weighted by Gasteiger charge is 2.25. The highest BCUT2D eigenvalue weighted by atomic mass is 35.5. The largest absolute Gasteiger partial charge is 0.360 e. The van der Waals surface area contributed by atoms with Crippen molar-refractivity contribution in [3.63, 3.8) is 0 Å². The van der Waals surface area contributed by atoms with Gasteiger partial charge in [0.25, 0.3) is 5.91 Å². The van der Waals surface area contributed by atoms with Gasteiger partial charge in [0, 0.05) is 23.4 Å². The molecule has 9 nitrogen and oxygen atoms in total. The Hall–Kier alpha value is -3.69. The van der Waals surface area contributed by atoms with Crippen molar-refractivity contribution in [3.05, 3.63) is 75.8 Å². The predicted octanol–water partition coefficient (Wildman–Crippen LogP) is 4.91. The maximum absolute atomic E-state index is 13.3. The Morgan fingerprint density at radius 1 is 1.14 bits per heavy atom. The van der Waals surface area contributed by atoms with Gasteiger partial charge in [-0.15, -0.1) is 0 Å². The van der Waals surface area contributed by atoms with E-state index >= 15 is 0 Å². The van der Waals surface area contributed by atoms with Crippen molar-refractivity contribution in [2.45, 2.75) is 25.9 Å². The number of hydrogen-bond acceptors (Lipinski definition) is 6. The normalized spacial score (nSPS) is 14.3. The van der Waals surface area contributed by atoms with Crippen molar-refractivity contribution in [1.29, 1.82) is 0 Å². The monoisotopic (exact) mass is 506 g/mol. The lowest BCUT2D eigenvalue weighted by Gasteiger charge is -2.26. The smallest absolute Gasteiger partial charge is 0.255 e. The summed E-state index contributed by atoms with van der Waals surface area (Å²) < 4.78 is 0. The third-order valence-electron chi connectivity index (χ3n) is 6.24. The van der Waals surface area contributed by atoms with Crippen LogP contribution >= 0.6 is 23.2 Å². The van der Waals surface area contributed by atoms with E-state index < -0.39 is 0 Å². The number of amides is 1. The van der Waals surface area contributed by atoms with Crippen molar-refractivity contribution in [2.24, 2.45) is 0 Å². The fourth-order valence-electron chi connectivity index (χ4n) is 4.39. The Bertz CT molecular complexity index is 1590. The highest BCUT2D eigenvalue weighted by molar-refractivity contribution is 6.35. The molecule has 6 rings (SSSR count). The second-order valence-electron chi connectivity index (χ2n) is 8.53. The van der Waals surface area contributed by atoms with E-state index in [2.05, 4.69) is 35.2 Å². The molecule has 35 heavy (non-hydrogen) atoms. The molecular formula is C24H20Cl2N8O. The molecule has 1 aliphatic rings. The molecule has 5 aromatic rings. The highest BCUT2D eigenvalue weighted by Crippen LogP contribution is 2.30. The Kier molecular flexibility index (Phi) is 5.31. The van der Waals surface area contributed by atoms with E-state index in [9.17, 15) is 4.79 Å². The van der Waals surface area contributed by atoms with Gasteiger partial charge in [-0.25, -0.2) is 19.9 Å². The molecule has 3 aromatic heterocycles. The van der Waals surface area contributed by atoms with Crippen molar-refractivity contribution >= 4 is 56.9 Å². The van der Waals surface area contributed by atoms with Gasteiger partial charge in [0.2, 0.25) is 0 Å². The second-order valence-corrected chi connectivity index (χ2v) is 9.37. The number of halogens is 2. The topological polar surface area (TPSA) is 115 Å². The van der Waals surface area contributed by atoms with Gasteiger partial charge < -0.3 is 20.2 Å². The van der Waals surface area contributed by atoms with Crippen LogP contribution in [-0.4, -0.2) is 47.3 Å². The molecule has 2 aromatic carbocycles. The van der Waals surface area contributed by atoms with Gasteiger partial charge in [0.1, 0.15) is 18.0 Å². The molecule has 1 atom stereocenters. The number of hydrogen-bond donors (Lipinski definition) is 3. The molecule has 0 radical (unpaired) electrons. The molecule has 1 unspecified atom stereocenters. The first-order valence-corrected chi connectivity index (χ1v) is 11.9. The van der Waals surface area contributed by atoms with Gasteiger partial charge in [0.15, 0.2) is 0 Å². The number of aromatic nitrogens is 6. The standard InChI is InChI=1S/C24H20Cl2N8O/c1-12(22-32-18-3-2-13(25)6-20(18)33-22)31-23-15-7-16(26)14(8-19(15)28-11-30-23)24(35)34-5-4-17-21(9-34)29-10-27-17/h2-3,6-8,10-12H,4-5,9H2,1H3,(H,27,29)(H,32,33)(H,28,30,31). The van der Waals surface area contributed by atoms with E-state index in [0.29, 0.717) is 46.5 Å². The van der Waals surface area contributed by atoms with Gasteiger partial charge >= 0.3 is 0 Å². The number of rotatable bonds is 4. The average Bonchev–Trinajstić information content (AvgIpc) is 3.49. The van der Waals surface area contributed by atoms with Crippen LogP contribution in [0, 0.1) is 0 Å². The lowest BCUT2D eigenvalue weighted by molar-refractivity contribution is 0.0732. The van der Waals surface area contributed by atoms with Gasteiger partial charge in [-0.3, -0.25) is 4.79 Å². The zero-order valence-electron chi connectivity index (χ0n) is 18.6. The van der Waals surface area contributed by atoms with Crippen molar-refractivity contribution in [1.82, 2.24) is 34.8 Å². The van der Waals surface area contributed by atoms with Crippen LogP contribution in [0.2, 0.25) is 10.0 Å². The number of benzene rings is 2. The number of H-pyrrole nitrogens is 2. The minimum Gasteiger partial charge on any atom is -0.360 e. The Morgan fingerprint density at radius 3 is 2.91 bits per heavy atom. The van der Waals surface area contributed by atoms with Gasteiger partial charge in [-0.1, -0.05) is 23.2 Å². The molecule has 0 saturated heterocycles. The third kappa shape index (κ3) is 3.96. The van der Waals surface area contributed by atoms with E-state index in [1.54, 1.807) is 23.4 Å². The molecule has 4 heterocycles. The van der Waals surface area contributed by atoms with Crippen LogP contribution in [0.5, 0.6) is 0 Å². The first kappa shape index (κ1) is 21.8. The van der Waals surface area contributed by atoms with Crippen LogP contribution in [0.25, 0.3) is 21.9 Å².